The van der Waals surface area contributed by atoms with E-state index in [0.717, 1.165) is 30.1 Å². The lowest BCUT2D eigenvalue weighted by molar-refractivity contribution is -0.119. The molecule has 186 valence electrons. The number of fused-ring (bicyclic) bond motifs is 1. The molecule has 1 aliphatic heterocycles. The van der Waals surface area contributed by atoms with Crippen molar-refractivity contribution in [1.82, 2.24) is 15.2 Å². The molecule has 0 spiro atoms. The molecule has 4 rings (SSSR count). The molecule has 0 aliphatic carbocycles. The van der Waals surface area contributed by atoms with Gasteiger partial charge in [0.15, 0.2) is 11.6 Å². The van der Waals surface area contributed by atoms with E-state index >= 15 is 0 Å². The van der Waals surface area contributed by atoms with Gasteiger partial charge < -0.3 is 26.0 Å². The molecule has 4 N–H and O–H groups in total. The third-order valence-corrected chi connectivity index (χ3v) is 7.38. The Labute approximate surface area is 221 Å². The highest BCUT2D eigenvalue weighted by atomic mass is 35.5. The first-order valence-electron chi connectivity index (χ1n) is 10.3. The molecule has 35 heavy (non-hydrogen) atoms. The maximum absolute atomic E-state index is 13.1. The van der Waals surface area contributed by atoms with Crippen LogP contribution in [0, 0.1) is 0 Å². The summed E-state index contributed by atoms with van der Waals surface area (Å²) < 4.78 is 6.04. The fraction of sp³-hybridized carbons (Fsp3) is 0.273. The summed E-state index contributed by atoms with van der Waals surface area (Å²) in [7, 11) is 2.03. The Hall–Kier alpha value is -2.70. The van der Waals surface area contributed by atoms with E-state index in [1.54, 1.807) is 30.3 Å². The van der Waals surface area contributed by atoms with Crippen molar-refractivity contribution in [2.24, 2.45) is 5.73 Å². The Morgan fingerprint density at radius 2 is 2.00 bits per heavy atom. The van der Waals surface area contributed by atoms with E-state index in [1.165, 1.54) is 22.7 Å². The molecule has 0 bridgehead atoms. The predicted octanol–water partition coefficient (Wildman–Crippen LogP) is 3.31. The molecule has 2 aromatic heterocycles. The molecule has 3 amide bonds. The summed E-state index contributed by atoms with van der Waals surface area (Å²) in [5.74, 6) is -1.08. The van der Waals surface area contributed by atoms with Gasteiger partial charge in [0, 0.05) is 30.9 Å². The quantitative estimate of drug-likeness (QED) is 0.391. The molecule has 0 saturated carbocycles. The summed E-state index contributed by atoms with van der Waals surface area (Å²) in [6.45, 7) is 1.39. The number of rotatable bonds is 8. The molecular weight excluding hydrogens is 533 g/mol. The van der Waals surface area contributed by atoms with Crippen molar-refractivity contribution in [3.63, 3.8) is 0 Å². The number of benzene rings is 1. The van der Waals surface area contributed by atoms with Gasteiger partial charge in [-0.05, 0) is 30.8 Å². The number of carbonyl (C=O) groups excluding carboxylic acids is 3. The number of nitrogens with one attached hydrogen (secondary N) is 2. The lowest BCUT2D eigenvalue weighted by atomic mass is 10.1. The number of ether oxygens (including phenoxy) is 1. The van der Waals surface area contributed by atoms with Crippen LogP contribution in [0.2, 0.25) is 4.34 Å². The molecule has 1 aromatic carbocycles. The summed E-state index contributed by atoms with van der Waals surface area (Å²) in [5.41, 5.74) is 7.09. The number of halogens is 2. The van der Waals surface area contributed by atoms with Crippen molar-refractivity contribution < 1.29 is 19.1 Å². The summed E-state index contributed by atoms with van der Waals surface area (Å²) in [6.07, 6.45) is 0.790. The van der Waals surface area contributed by atoms with Gasteiger partial charge in [-0.15, -0.1) is 35.1 Å². The van der Waals surface area contributed by atoms with Gasteiger partial charge in [-0.1, -0.05) is 23.7 Å². The normalized spacial score (nSPS) is 12.9. The highest BCUT2D eigenvalue weighted by Gasteiger charge is 2.23. The topological polar surface area (TPSA) is 127 Å². The lowest BCUT2D eigenvalue weighted by Gasteiger charge is -2.20. The van der Waals surface area contributed by atoms with Gasteiger partial charge in [0.2, 0.25) is 0 Å². The first kappa shape index (κ1) is 26.9. The smallest absolute Gasteiger partial charge is 0.284 e. The zero-order valence-corrected chi connectivity index (χ0v) is 21.8. The van der Waals surface area contributed by atoms with E-state index in [4.69, 9.17) is 22.1 Å². The molecule has 3 aromatic rings. The summed E-state index contributed by atoms with van der Waals surface area (Å²) in [4.78, 5) is 45.1. The zero-order valence-electron chi connectivity index (χ0n) is 18.6. The molecule has 9 nitrogen and oxygen atoms in total. The van der Waals surface area contributed by atoms with E-state index < -0.39 is 11.8 Å². The van der Waals surface area contributed by atoms with Crippen molar-refractivity contribution in [2.75, 3.05) is 25.5 Å². The van der Waals surface area contributed by atoms with Crippen LogP contribution in [0.1, 0.15) is 35.6 Å². The fourth-order valence-electron chi connectivity index (χ4n) is 3.42. The van der Waals surface area contributed by atoms with Crippen LogP contribution in [0.3, 0.4) is 0 Å². The van der Waals surface area contributed by atoms with E-state index in [1.807, 2.05) is 7.05 Å². The number of hydrogen-bond donors (Lipinski definition) is 3. The van der Waals surface area contributed by atoms with E-state index in [0.29, 0.717) is 25.5 Å². The average molecular weight is 556 g/mol. The highest BCUT2D eigenvalue weighted by Crippen LogP contribution is 2.31. The number of nitrogens with zero attached hydrogens (tertiary/aromatic N) is 2. The lowest BCUT2D eigenvalue weighted by Crippen LogP contribution is -2.25. The SMILES string of the molecule is CN1CCc2nc(C(=O)Nc3c(CNC(=O)c4ccc(Cl)s4)cccc3OCC(N)=O)sc2C1.Cl. The van der Waals surface area contributed by atoms with Crippen LogP contribution in [-0.2, 0) is 24.3 Å². The number of aromatic nitrogens is 1. The maximum atomic E-state index is 13.1. The third-order valence-electron chi connectivity index (χ3n) is 5.07. The summed E-state index contributed by atoms with van der Waals surface area (Å²) in [5, 5.41) is 6.01. The third kappa shape index (κ3) is 6.71. The predicted molar refractivity (Wildman–Crippen MR) is 139 cm³/mol. The Balaban J connectivity index is 0.00000342. The summed E-state index contributed by atoms with van der Waals surface area (Å²) >= 11 is 8.44. The molecule has 13 heteroatoms. The Morgan fingerprint density at radius 3 is 2.71 bits per heavy atom. The number of para-hydroxylation sites is 1. The number of likely N-dealkylation sites (N-methyl/N-ethyl adjacent to an activating group) is 1. The number of thiophene rings is 1. The minimum Gasteiger partial charge on any atom is -0.482 e. The minimum absolute atomic E-state index is 0. The first-order chi connectivity index (χ1) is 16.3. The standard InChI is InChI=1S/C22H22ClN5O4S2.ClH/c1-28-8-7-13-16(10-28)34-22(26-13)21(31)27-19-12(3-2-4-14(19)32-11-18(24)29)9-25-20(30)15-5-6-17(23)33-15;/h2-6H,7-11H2,1H3,(H2,24,29)(H,25,30)(H,27,31);1H. The van der Waals surface area contributed by atoms with Crippen LogP contribution >= 0.6 is 46.7 Å². The van der Waals surface area contributed by atoms with Crippen LogP contribution in [-0.4, -0.2) is 47.8 Å². The Bertz CT molecular complexity index is 1250. The monoisotopic (exact) mass is 555 g/mol. The molecule has 0 saturated heterocycles. The molecular formula is C22H23Cl2N5O4S2. The van der Waals surface area contributed by atoms with E-state index in [9.17, 15) is 14.4 Å². The number of anilines is 1. The van der Waals surface area contributed by atoms with Gasteiger partial charge in [0.05, 0.1) is 20.6 Å². The molecule has 0 radical (unpaired) electrons. The first-order valence-corrected chi connectivity index (χ1v) is 12.4. The van der Waals surface area contributed by atoms with Gasteiger partial charge >= 0.3 is 0 Å². The Kier molecular flexibility index (Phi) is 9.09. The maximum Gasteiger partial charge on any atom is 0.284 e. The molecule has 0 atom stereocenters. The van der Waals surface area contributed by atoms with E-state index in [2.05, 4.69) is 20.5 Å². The van der Waals surface area contributed by atoms with Crippen LogP contribution in [0.15, 0.2) is 30.3 Å². The van der Waals surface area contributed by atoms with Crippen molar-refractivity contribution in [2.45, 2.75) is 19.5 Å². The number of thiazole rings is 1. The Morgan fingerprint density at radius 1 is 1.20 bits per heavy atom. The second kappa shape index (κ2) is 11.8. The molecule has 3 heterocycles. The van der Waals surface area contributed by atoms with Crippen molar-refractivity contribution in [3.8, 4) is 5.75 Å². The number of carbonyl (C=O) groups is 3. The van der Waals surface area contributed by atoms with Gasteiger partial charge in [0.1, 0.15) is 5.75 Å². The van der Waals surface area contributed by atoms with Crippen molar-refractivity contribution in [1.29, 1.82) is 0 Å². The van der Waals surface area contributed by atoms with Crippen molar-refractivity contribution in [3.05, 3.63) is 60.7 Å². The van der Waals surface area contributed by atoms with Crippen LogP contribution in [0.4, 0.5) is 5.69 Å². The number of amides is 3. The minimum atomic E-state index is -0.651. The van der Waals surface area contributed by atoms with Crippen LogP contribution in [0.5, 0.6) is 5.75 Å². The molecule has 0 unspecified atom stereocenters. The average Bonchev–Trinajstić information content (AvgIpc) is 3.43. The van der Waals surface area contributed by atoms with Gasteiger partial charge in [-0.25, -0.2) is 4.98 Å². The van der Waals surface area contributed by atoms with Gasteiger partial charge in [-0.3, -0.25) is 14.4 Å². The fourth-order valence-corrected chi connectivity index (χ4v) is 5.46. The van der Waals surface area contributed by atoms with Crippen LogP contribution in [0.25, 0.3) is 0 Å². The molecule has 0 fully saturated rings. The number of nitrogens with two attached hydrogens (primary N) is 1. The molecule has 1 aliphatic rings. The largest absolute Gasteiger partial charge is 0.482 e. The van der Waals surface area contributed by atoms with Gasteiger partial charge in [0.25, 0.3) is 17.7 Å². The van der Waals surface area contributed by atoms with E-state index in [-0.39, 0.29) is 37.2 Å². The summed E-state index contributed by atoms with van der Waals surface area (Å²) in [6, 6.07) is 8.35. The number of hydrogen-bond acceptors (Lipinski definition) is 8. The van der Waals surface area contributed by atoms with Crippen molar-refractivity contribution >= 4 is 70.1 Å². The highest BCUT2D eigenvalue weighted by molar-refractivity contribution is 7.18. The van der Waals surface area contributed by atoms with Crippen LogP contribution < -0.4 is 21.1 Å². The zero-order chi connectivity index (χ0) is 24.2. The number of primary amides is 1. The second-order valence-electron chi connectivity index (χ2n) is 7.66. The second-order valence-corrected chi connectivity index (χ2v) is 10.5. The van der Waals surface area contributed by atoms with Gasteiger partial charge in [-0.2, -0.15) is 0 Å².